The van der Waals surface area contributed by atoms with Crippen molar-refractivity contribution in [3.63, 3.8) is 0 Å². The third kappa shape index (κ3) is 3.35. The second-order valence-electron chi connectivity index (χ2n) is 2.31. The molecule has 1 nitrogen and oxygen atoms in total. The number of hydrogen-bond acceptors (Lipinski definition) is 1. The van der Waals surface area contributed by atoms with Crippen molar-refractivity contribution in [2.75, 3.05) is 6.61 Å². The summed E-state index contributed by atoms with van der Waals surface area (Å²) < 4.78 is 30.2. The summed E-state index contributed by atoms with van der Waals surface area (Å²) in [6, 6.07) is 0. The average Bonchev–Trinajstić information content (AvgIpc) is 1.88. The first-order valence-corrected chi connectivity index (χ1v) is 3.74. The predicted molar refractivity (Wildman–Crippen MR) is 40.6 cm³/mol. The van der Waals surface area contributed by atoms with E-state index >= 15 is 0 Å². The van der Waals surface area contributed by atoms with Crippen LogP contribution in [-0.4, -0.2) is 12.5 Å². The molecule has 0 N–H and O–H groups in total. The van der Waals surface area contributed by atoms with Crippen LogP contribution < -0.4 is 0 Å². The fourth-order valence-corrected chi connectivity index (χ4v) is 0.733. The summed E-state index contributed by atoms with van der Waals surface area (Å²) >= 11 is 0. The van der Waals surface area contributed by atoms with Gasteiger partial charge in [0.25, 0.3) is 0 Å². The lowest BCUT2D eigenvalue weighted by atomic mass is 10.2. The van der Waals surface area contributed by atoms with Crippen LogP contribution in [0.25, 0.3) is 0 Å². The normalized spacial score (nSPS) is 11.3. The molecule has 0 saturated heterocycles. The maximum Gasteiger partial charge on any atom is 0.303 e. The minimum atomic E-state index is -2.86. The van der Waals surface area contributed by atoms with Gasteiger partial charge < -0.3 is 4.74 Å². The Morgan fingerprint density at radius 2 is 2.00 bits per heavy atom. The molecule has 0 aliphatic carbocycles. The van der Waals surface area contributed by atoms with E-state index in [9.17, 15) is 8.78 Å². The van der Waals surface area contributed by atoms with Gasteiger partial charge in [0.1, 0.15) is 0 Å². The van der Waals surface area contributed by atoms with Crippen LogP contribution in [0.1, 0.15) is 26.7 Å². The van der Waals surface area contributed by atoms with Crippen molar-refractivity contribution in [1.82, 2.24) is 0 Å². The van der Waals surface area contributed by atoms with Crippen molar-refractivity contribution in [3.8, 4) is 0 Å². The van der Waals surface area contributed by atoms with Gasteiger partial charge in [-0.1, -0.05) is 13.5 Å². The lowest BCUT2D eigenvalue weighted by Crippen LogP contribution is -2.20. The highest BCUT2D eigenvalue weighted by atomic mass is 19.3. The molecule has 0 rings (SSSR count). The molecular formula is C8H14F2O. The zero-order chi connectivity index (χ0) is 8.91. The van der Waals surface area contributed by atoms with Gasteiger partial charge in [-0.2, -0.15) is 8.78 Å². The van der Waals surface area contributed by atoms with Crippen molar-refractivity contribution < 1.29 is 13.5 Å². The highest BCUT2D eigenvalue weighted by molar-refractivity contribution is 4.98. The molecule has 0 aromatic heterocycles. The van der Waals surface area contributed by atoms with Gasteiger partial charge in [-0.05, 0) is 13.3 Å². The zero-order valence-electron chi connectivity index (χ0n) is 6.99. The van der Waals surface area contributed by atoms with Gasteiger partial charge in [-0.3, -0.25) is 0 Å². The molecule has 0 spiro atoms. The van der Waals surface area contributed by atoms with Gasteiger partial charge in [-0.25, -0.2) is 0 Å². The molecule has 0 aromatic rings. The monoisotopic (exact) mass is 164 g/mol. The van der Waals surface area contributed by atoms with E-state index in [0.717, 1.165) is 0 Å². The molecule has 0 aliphatic rings. The van der Waals surface area contributed by atoms with E-state index < -0.39 is 11.7 Å². The Hall–Kier alpha value is -0.600. The van der Waals surface area contributed by atoms with E-state index in [-0.39, 0.29) is 13.0 Å². The van der Waals surface area contributed by atoms with Crippen LogP contribution >= 0.6 is 0 Å². The fourth-order valence-electron chi connectivity index (χ4n) is 0.733. The lowest BCUT2D eigenvalue weighted by Gasteiger charge is -2.17. The summed E-state index contributed by atoms with van der Waals surface area (Å²) in [5.74, 6) is -3.27. The fraction of sp³-hybridized carbons (Fsp3) is 0.750. The Kier molecular flexibility index (Phi) is 4.08. The van der Waals surface area contributed by atoms with Gasteiger partial charge in [0.2, 0.25) is 0 Å². The third-order valence-electron chi connectivity index (χ3n) is 1.29. The van der Waals surface area contributed by atoms with E-state index in [1.807, 2.05) is 0 Å². The Labute approximate surface area is 66.0 Å². The number of alkyl halides is 2. The summed E-state index contributed by atoms with van der Waals surface area (Å²) in [4.78, 5) is 0. The van der Waals surface area contributed by atoms with E-state index in [0.29, 0.717) is 6.42 Å². The second-order valence-corrected chi connectivity index (χ2v) is 2.31. The number of hydrogen-bond donors (Lipinski definition) is 0. The highest BCUT2D eigenvalue weighted by Crippen LogP contribution is 2.28. The second kappa shape index (κ2) is 4.31. The van der Waals surface area contributed by atoms with Gasteiger partial charge in [0.05, 0.1) is 6.61 Å². The SMILES string of the molecule is C=C(OCC)C(F)(F)CCC. The zero-order valence-corrected chi connectivity index (χ0v) is 6.99. The molecular weight excluding hydrogens is 150 g/mol. The summed E-state index contributed by atoms with van der Waals surface area (Å²) in [6.07, 6.45) is 0.241. The molecule has 0 radical (unpaired) electrons. The van der Waals surface area contributed by atoms with E-state index in [2.05, 4.69) is 11.3 Å². The van der Waals surface area contributed by atoms with Crippen LogP contribution in [-0.2, 0) is 4.74 Å². The molecule has 0 unspecified atom stereocenters. The minimum absolute atomic E-state index is 0.189. The van der Waals surface area contributed by atoms with Gasteiger partial charge >= 0.3 is 5.92 Å². The minimum Gasteiger partial charge on any atom is -0.492 e. The van der Waals surface area contributed by atoms with Gasteiger partial charge in [-0.15, -0.1) is 0 Å². The number of ether oxygens (including phenoxy) is 1. The summed E-state index contributed by atoms with van der Waals surface area (Å²) in [6.45, 7) is 6.77. The number of rotatable bonds is 5. The first-order valence-electron chi connectivity index (χ1n) is 3.74. The van der Waals surface area contributed by atoms with Crippen LogP contribution in [0.4, 0.5) is 8.78 Å². The Morgan fingerprint density at radius 1 is 1.45 bits per heavy atom. The maximum absolute atomic E-state index is 12.8. The standard InChI is InChI=1S/C8H14F2O/c1-4-6-8(9,10)7(3)11-5-2/h3-6H2,1-2H3. The van der Waals surface area contributed by atoms with Gasteiger partial charge in [0, 0.05) is 6.42 Å². The van der Waals surface area contributed by atoms with Crippen molar-refractivity contribution >= 4 is 0 Å². The van der Waals surface area contributed by atoms with Crippen LogP contribution in [0.15, 0.2) is 12.3 Å². The summed E-state index contributed by atoms with van der Waals surface area (Å²) in [7, 11) is 0. The average molecular weight is 164 g/mol. The third-order valence-corrected chi connectivity index (χ3v) is 1.29. The maximum atomic E-state index is 12.8. The Bertz CT molecular complexity index is 132. The highest BCUT2D eigenvalue weighted by Gasteiger charge is 2.32. The number of allylic oxidation sites excluding steroid dienone is 1. The van der Waals surface area contributed by atoms with E-state index in [4.69, 9.17) is 0 Å². The summed E-state index contributed by atoms with van der Waals surface area (Å²) in [5.41, 5.74) is 0. The van der Waals surface area contributed by atoms with E-state index in [1.165, 1.54) is 0 Å². The molecule has 0 aromatic carbocycles. The quantitative estimate of drug-likeness (QED) is 0.567. The van der Waals surface area contributed by atoms with Crippen molar-refractivity contribution in [2.45, 2.75) is 32.6 Å². The number of halogens is 2. The molecule has 0 atom stereocenters. The van der Waals surface area contributed by atoms with Crippen LogP contribution in [0.5, 0.6) is 0 Å². The molecule has 0 bridgehead atoms. The smallest absolute Gasteiger partial charge is 0.303 e. The summed E-state index contributed by atoms with van der Waals surface area (Å²) in [5, 5.41) is 0. The van der Waals surface area contributed by atoms with Crippen LogP contribution in [0.2, 0.25) is 0 Å². The molecule has 0 amide bonds. The van der Waals surface area contributed by atoms with E-state index in [1.54, 1.807) is 13.8 Å². The van der Waals surface area contributed by atoms with Gasteiger partial charge in [0.15, 0.2) is 5.76 Å². The molecule has 11 heavy (non-hydrogen) atoms. The first kappa shape index (κ1) is 10.4. The van der Waals surface area contributed by atoms with Crippen molar-refractivity contribution in [1.29, 1.82) is 0 Å². The molecule has 3 heteroatoms. The molecule has 0 saturated carbocycles. The Balaban J connectivity index is 3.94. The largest absolute Gasteiger partial charge is 0.492 e. The lowest BCUT2D eigenvalue weighted by molar-refractivity contribution is -0.0260. The van der Waals surface area contributed by atoms with Crippen molar-refractivity contribution in [2.24, 2.45) is 0 Å². The predicted octanol–water partition coefficient (Wildman–Crippen LogP) is 2.97. The first-order chi connectivity index (χ1) is 5.04. The topological polar surface area (TPSA) is 9.23 Å². The molecule has 0 aliphatic heterocycles. The molecule has 0 heterocycles. The molecule has 66 valence electrons. The van der Waals surface area contributed by atoms with Crippen LogP contribution in [0, 0.1) is 0 Å². The Morgan fingerprint density at radius 3 is 2.36 bits per heavy atom. The van der Waals surface area contributed by atoms with Crippen LogP contribution in [0.3, 0.4) is 0 Å². The molecule has 0 fully saturated rings. The van der Waals surface area contributed by atoms with Crippen molar-refractivity contribution in [3.05, 3.63) is 12.3 Å².